The minimum atomic E-state index is 0.281. The molecule has 0 spiro atoms. The van der Waals surface area contributed by atoms with E-state index in [0.717, 1.165) is 17.2 Å². The topological polar surface area (TPSA) is 81.7 Å². The summed E-state index contributed by atoms with van der Waals surface area (Å²) >= 11 is 0. The van der Waals surface area contributed by atoms with E-state index in [4.69, 9.17) is 5.73 Å². The number of nitrogens with one attached hydrogen (secondary N) is 1. The normalized spacial score (nSPS) is 10.4. The molecule has 0 aliphatic heterocycles. The number of aryl methyl sites for hydroxylation is 2. The van der Waals surface area contributed by atoms with Gasteiger partial charge in [0.15, 0.2) is 0 Å². The van der Waals surface area contributed by atoms with Gasteiger partial charge in [-0.25, -0.2) is 4.98 Å². The number of hydrogen-bond acceptors (Lipinski definition) is 5. The van der Waals surface area contributed by atoms with Crippen molar-refractivity contribution in [3.8, 4) is 0 Å². The summed E-state index contributed by atoms with van der Waals surface area (Å²) in [4.78, 5) is 8.08. The predicted molar refractivity (Wildman–Crippen MR) is 61.7 cm³/mol. The van der Waals surface area contributed by atoms with Gasteiger partial charge >= 0.3 is 0 Å². The second kappa shape index (κ2) is 4.18. The van der Waals surface area contributed by atoms with E-state index in [9.17, 15) is 0 Å². The number of nitrogen functional groups attached to an aromatic ring is 1. The minimum absolute atomic E-state index is 0.281. The van der Waals surface area contributed by atoms with E-state index in [1.165, 1.54) is 0 Å². The van der Waals surface area contributed by atoms with Gasteiger partial charge in [-0.1, -0.05) is 0 Å². The third-order valence-corrected chi connectivity index (χ3v) is 2.09. The lowest BCUT2D eigenvalue weighted by molar-refractivity contribution is 0.747. The Bertz CT molecular complexity index is 470. The van der Waals surface area contributed by atoms with E-state index in [0.29, 0.717) is 6.54 Å². The molecule has 0 radical (unpaired) electrons. The van der Waals surface area contributed by atoms with Crippen LogP contribution < -0.4 is 11.1 Å². The monoisotopic (exact) mass is 218 g/mol. The molecule has 6 heteroatoms. The van der Waals surface area contributed by atoms with Gasteiger partial charge in [-0.2, -0.15) is 10.1 Å². The standard InChI is InChI=1S/C10H14N6/c1-7-5-9(14-10(11)13-7)12-6-8-3-4-16(2)15-8/h3-5H,6H2,1-2H3,(H3,11,12,13,14). The van der Waals surface area contributed by atoms with Crippen molar-refractivity contribution in [3.05, 3.63) is 29.7 Å². The lowest BCUT2D eigenvalue weighted by atomic mass is 10.4. The SMILES string of the molecule is Cc1cc(NCc2ccn(C)n2)nc(N)n1. The third kappa shape index (κ3) is 2.47. The summed E-state index contributed by atoms with van der Waals surface area (Å²) < 4.78 is 1.76. The molecular formula is C10H14N6. The molecule has 0 saturated carbocycles. The maximum atomic E-state index is 5.55. The first kappa shape index (κ1) is 10.4. The molecule has 0 bridgehead atoms. The summed E-state index contributed by atoms with van der Waals surface area (Å²) in [6.45, 7) is 2.50. The van der Waals surface area contributed by atoms with Gasteiger partial charge in [0.1, 0.15) is 5.82 Å². The Balaban J connectivity index is 2.04. The van der Waals surface area contributed by atoms with E-state index in [2.05, 4.69) is 20.4 Å². The van der Waals surface area contributed by atoms with Gasteiger partial charge in [-0.05, 0) is 13.0 Å². The third-order valence-electron chi connectivity index (χ3n) is 2.09. The summed E-state index contributed by atoms with van der Waals surface area (Å²) in [6.07, 6.45) is 1.90. The number of nitrogens with zero attached hydrogens (tertiary/aromatic N) is 4. The molecule has 6 nitrogen and oxygen atoms in total. The molecule has 2 rings (SSSR count). The largest absolute Gasteiger partial charge is 0.368 e. The molecule has 0 atom stereocenters. The number of hydrogen-bond donors (Lipinski definition) is 2. The van der Waals surface area contributed by atoms with Crippen molar-refractivity contribution in [3.63, 3.8) is 0 Å². The van der Waals surface area contributed by atoms with Crippen molar-refractivity contribution in [1.29, 1.82) is 0 Å². The summed E-state index contributed by atoms with van der Waals surface area (Å²) in [6, 6.07) is 3.80. The van der Waals surface area contributed by atoms with E-state index in [1.807, 2.05) is 32.3 Å². The van der Waals surface area contributed by atoms with Crippen molar-refractivity contribution >= 4 is 11.8 Å². The van der Waals surface area contributed by atoms with Gasteiger partial charge < -0.3 is 11.1 Å². The Kier molecular flexibility index (Phi) is 2.72. The minimum Gasteiger partial charge on any atom is -0.368 e. The number of anilines is 2. The van der Waals surface area contributed by atoms with Crippen molar-refractivity contribution in [2.24, 2.45) is 7.05 Å². The highest BCUT2D eigenvalue weighted by molar-refractivity contribution is 5.40. The Hall–Kier alpha value is -2.11. The Morgan fingerprint density at radius 2 is 2.25 bits per heavy atom. The van der Waals surface area contributed by atoms with Crippen LogP contribution in [0.1, 0.15) is 11.4 Å². The van der Waals surface area contributed by atoms with Crippen LogP contribution in [0.3, 0.4) is 0 Å². The first-order valence-corrected chi connectivity index (χ1v) is 4.97. The molecule has 0 aliphatic carbocycles. The lowest BCUT2D eigenvalue weighted by Crippen LogP contribution is -2.06. The van der Waals surface area contributed by atoms with Gasteiger partial charge in [-0.15, -0.1) is 0 Å². The predicted octanol–water partition coefficient (Wildman–Crippen LogP) is 0.713. The molecule has 84 valence electrons. The molecule has 0 unspecified atom stereocenters. The highest BCUT2D eigenvalue weighted by atomic mass is 15.3. The van der Waals surface area contributed by atoms with Crippen LogP contribution in [0.2, 0.25) is 0 Å². The quantitative estimate of drug-likeness (QED) is 0.793. The molecular weight excluding hydrogens is 204 g/mol. The van der Waals surface area contributed by atoms with Crippen LogP contribution in [0.25, 0.3) is 0 Å². The Morgan fingerprint density at radius 3 is 2.88 bits per heavy atom. The molecule has 2 aromatic rings. The lowest BCUT2D eigenvalue weighted by Gasteiger charge is -2.04. The van der Waals surface area contributed by atoms with Gasteiger partial charge in [-0.3, -0.25) is 4.68 Å². The number of nitrogens with two attached hydrogens (primary N) is 1. The van der Waals surface area contributed by atoms with Crippen molar-refractivity contribution in [2.45, 2.75) is 13.5 Å². The molecule has 0 aromatic carbocycles. The van der Waals surface area contributed by atoms with Crippen molar-refractivity contribution in [2.75, 3.05) is 11.1 Å². The summed E-state index contributed by atoms with van der Waals surface area (Å²) in [5.74, 6) is 0.999. The average Bonchev–Trinajstić information content (AvgIpc) is 2.60. The van der Waals surface area contributed by atoms with E-state index in [-0.39, 0.29) is 5.95 Å². The van der Waals surface area contributed by atoms with Crippen LogP contribution in [0.4, 0.5) is 11.8 Å². The fourth-order valence-electron chi connectivity index (χ4n) is 1.42. The smallest absolute Gasteiger partial charge is 0.222 e. The van der Waals surface area contributed by atoms with Gasteiger partial charge in [0, 0.05) is 25.0 Å². The van der Waals surface area contributed by atoms with Crippen molar-refractivity contribution < 1.29 is 0 Å². The van der Waals surface area contributed by atoms with Crippen LogP contribution in [-0.4, -0.2) is 19.7 Å². The Morgan fingerprint density at radius 1 is 1.44 bits per heavy atom. The van der Waals surface area contributed by atoms with Crippen LogP contribution in [0.15, 0.2) is 18.3 Å². The fourth-order valence-corrected chi connectivity index (χ4v) is 1.42. The number of aromatic nitrogens is 4. The molecule has 0 fully saturated rings. The van der Waals surface area contributed by atoms with Crippen LogP contribution in [0, 0.1) is 6.92 Å². The summed E-state index contributed by atoms with van der Waals surface area (Å²) in [5, 5.41) is 7.40. The van der Waals surface area contributed by atoms with E-state index in [1.54, 1.807) is 4.68 Å². The molecule has 16 heavy (non-hydrogen) atoms. The van der Waals surface area contributed by atoms with Gasteiger partial charge in [0.2, 0.25) is 5.95 Å². The van der Waals surface area contributed by atoms with Gasteiger partial charge in [0.25, 0.3) is 0 Å². The molecule has 0 aliphatic rings. The van der Waals surface area contributed by atoms with Crippen LogP contribution >= 0.6 is 0 Å². The van der Waals surface area contributed by atoms with Gasteiger partial charge in [0.05, 0.1) is 12.2 Å². The zero-order valence-electron chi connectivity index (χ0n) is 9.31. The zero-order valence-corrected chi connectivity index (χ0v) is 9.31. The molecule has 2 aromatic heterocycles. The highest BCUT2D eigenvalue weighted by Gasteiger charge is 2.00. The van der Waals surface area contributed by atoms with Crippen molar-refractivity contribution in [1.82, 2.24) is 19.7 Å². The second-order valence-electron chi connectivity index (χ2n) is 3.59. The molecule has 3 N–H and O–H groups in total. The van der Waals surface area contributed by atoms with Crippen LogP contribution in [0.5, 0.6) is 0 Å². The van der Waals surface area contributed by atoms with Crippen LogP contribution in [-0.2, 0) is 13.6 Å². The van der Waals surface area contributed by atoms with E-state index < -0.39 is 0 Å². The average molecular weight is 218 g/mol. The first-order chi connectivity index (χ1) is 7.63. The zero-order chi connectivity index (χ0) is 11.5. The van der Waals surface area contributed by atoms with E-state index >= 15 is 0 Å². The Labute approximate surface area is 93.5 Å². The fraction of sp³-hybridized carbons (Fsp3) is 0.300. The first-order valence-electron chi connectivity index (χ1n) is 4.97. The second-order valence-corrected chi connectivity index (χ2v) is 3.59. The summed E-state index contributed by atoms with van der Waals surface area (Å²) in [7, 11) is 1.89. The number of rotatable bonds is 3. The molecule has 2 heterocycles. The maximum Gasteiger partial charge on any atom is 0.222 e. The maximum absolute atomic E-state index is 5.55. The molecule has 0 saturated heterocycles. The molecule has 0 amide bonds. The highest BCUT2D eigenvalue weighted by Crippen LogP contribution is 2.08. The summed E-state index contributed by atoms with van der Waals surface area (Å²) in [5.41, 5.74) is 7.35.